The van der Waals surface area contributed by atoms with Crippen LogP contribution in [0, 0.1) is 6.92 Å². The smallest absolute Gasteiger partial charge is 0.328 e. The predicted octanol–water partition coefficient (Wildman–Crippen LogP) is 0.111. The molecule has 0 aliphatic heterocycles. The summed E-state index contributed by atoms with van der Waals surface area (Å²) in [6.45, 7) is 1.63. The number of carbonyl (C=O) groups is 2. The van der Waals surface area contributed by atoms with Crippen molar-refractivity contribution in [3.63, 3.8) is 0 Å². The van der Waals surface area contributed by atoms with Crippen molar-refractivity contribution in [3.8, 4) is 0 Å². The van der Waals surface area contributed by atoms with Crippen molar-refractivity contribution in [2.45, 2.75) is 6.92 Å². The van der Waals surface area contributed by atoms with Gasteiger partial charge < -0.3 is 10.4 Å². The lowest BCUT2D eigenvalue weighted by Crippen LogP contribution is -2.31. The first-order valence-corrected chi connectivity index (χ1v) is 7.71. The molecule has 0 atom stereocenters. The highest BCUT2D eigenvalue weighted by Gasteiger charge is 2.10. The number of hydrogen-bond donors (Lipinski definition) is 3. The first-order valence-electron chi connectivity index (χ1n) is 5.99. The SMILES string of the molecule is Cc1ccc(C=CC(=O)O)cc1C(=O)NCCS(N)(=O)=O. The van der Waals surface area contributed by atoms with Crippen LogP contribution in [0.3, 0.4) is 0 Å². The summed E-state index contributed by atoms with van der Waals surface area (Å²) in [4.78, 5) is 22.4. The number of amides is 1. The molecule has 0 fully saturated rings. The van der Waals surface area contributed by atoms with E-state index >= 15 is 0 Å². The lowest BCUT2D eigenvalue weighted by atomic mass is 10.0. The zero-order chi connectivity index (χ0) is 16.0. The van der Waals surface area contributed by atoms with Crippen LogP contribution in [0.1, 0.15) is 21.5 Å². The van der Waals surface area contributed by atoms with Crippen LogP contribution in [-0.4, -0.2) is 37.7 Å². The van der Waals surface area contributed by atoms with Gasteiger partial charge >= 0.3 is 5.97 Å². The van der Waals surface area contributed by atoms with Gasteiger partial charge in [-0.2, -0.15) is 0 Å². The van der Waals surface area contributed by atoms with E-state index in [0.29, 0.717) is 16.7 Å². The quantitative estimate of drug-likeness (QED) is 0.643. The van der Waals surface area contributed by atoms with Gasteiger partial charge in [-0.05, 0) is 30.2 Å². The number of carboxylic acids is 1. The van der Waals surface area contributed by atoms with E-state index in [1.165, 1.54) is 12.1 Å². The normalized spacial score (nSPS) is 11.5. The van der Waals surface area contributed by atoms with Crippen molar-refractivity contribution in [1.82, 2.24) is 5.32 Å². The van der Waals surface area contributed by atoms with Gasteiger partial charge in [0.05, 0.1) is 5.75 Å². The summed E-state index contributed by atoms with van der Waals surface area (Å²) < 4.78 is 21.6. The molecule has 8 heteroatoms. The Labute approximate surface area is 122 Å². The van der Waals surface area contributed by atoms with Gasteiger partial charge in [0.15, 0.2) is 0 Å². The summed E-state index contributed by atoms with van der Waals surface area (Å²) in [5.41, 5.74) is 1.59. The van der Waals surface area contributed by atoms with Crippen LogP contribution in [0.2, 0.25) is 0 Å². The number of primary sulfonamides is 1. The third-order valence-electron chi connectivity index (χ3n) is 2.60. The van der Waals surface area contributed by atoms with E-state index < -0.39 is 21.9 Å². The van der Waals surface area contributed by atoms with Crippen LogP contribution in [0.5, 0.6) is 0 Å². The first-order chi connectivity index (χ1) is 9.69. The molecule has 0 unspecified atom stereocenters. The van der Waals surface area contributed by atoms with E-state index in [9.17, 15) is 18.0 Å². The fourth-order valence-electron chi connectivity index (χ4n) is 1.56. The van der Waals surface area contributed by atoms with E-state index in [-0.39, 0.29) is 12.3 Å². The van der Waals surface area contributed by atoms with Crippen molar-refractivity contribution >= 4 is 28.0 Å². The Morgan fingerprint density at radius 1 is 1.38 bits per heavy atom. The molecule has 1 aromatic rings. The molecule has 114 valence electrons. The molecule has 0 heterocycles. The van der Waals surface area contributed by atoms with Crippen LogP contribution >= 0.6 is 0 Å². The lowest BCUT2D eigenvalue weighted by molar-refractivity contribution is -0.131. The fraction of sp³-hybridized carbons (Fsp3) is 0.231. The van der Waals surface area contributed by atoms with Crippen molar-refractivity contribution in [2.75, 3.05) is 12.3 Å². The molecular formula is C13H16N2O5S. The number of nitrogens with one attached hydrogen (secondary N) is 1. The molecule has 1 aromatic carbocycles. The topological polar surface area (TPSA) is 127 Å². The maximum absolute atomic E-state index is 12.0. The second-order valence-corrected chi connectivity index (χ2v) is 6.10. The number of aryl methyl sites for hydroxylation is 1. The number of carbonyl (C=O) groups excluding carboxylic acids is 1. The highest BCUT2D eigenvalue weighted by Crippen LogP contribution is 2.12. The number of benzene rings is 1. The van der Waals surface area contributed by atoms with Crippen molar-refractivity contribution in [1.29, 1.82) is 0 Å². The first kappa shape index (κ1) is 16.9. The van der Waals surface area contributed by atoms with Gasteiger partial charge in [0.2, 0.25) is 10.0 Å². The average Bonchev–Trinajstić information content (AvgIpc) is 2.36. The minimum Gasteiger partial charge on any atom is -0.478 e. The van der Waals surface area contributed by atoms with E-state index in [4.69, 9.17) is 10.2 Å². The summed E-state index contributed by atoms with van der Waals surface area (Å²) in [7, 11) is -3.63. The summed E-state index contributed by atoms with van der Waals surface area (Å²) >= 11 is 0. The molecule has 0 aliphatic rings. The Balaban J connectivity index is 2.83. The summed E-state index contributed by atoms with van der Waals surface area (Å²) in [5, 5.41) is 15.9. The van der Waals surface area contributed by atoms with Gasteiger partial charge in [-0.25, -0.2) is 18.4 Å². The van der Waals surface area contributed by atoms with Gasteiger partial charge in [-0.1, -0.05) is 12.1 Å². The maximum atomic E-state index is 12.0. The van der Waals surface area contributed by atoms with Crippen molar-refractivity contribution in [3.05, 3.63) is 41.0 Å². The second kappa shape index (κ2) is 7.00. The standard InChI is InChI=1S/C13H16N2O5S/c1-9-2-3-10(4-5-12(16)17)8-11(9)13(18)15-6-7-21(14,19)20/h2-5,8H,6-7H2,1H3,(H,15,18)(H,16,17)(H2,14,19,20). The van der Waals surface area contributed by atoms with Crippen molar-refractivity contribution < 1.29 is 23.1 Å². The molecule has 0 spiro atoms. The fourth-order valence-corrected chi connectivity index (χ4v) is 1.94. The Kier molecular flexibility index (Phi) is 5.62. The van der Waals surface area contributed by atoms with E-state index in [1.807, 2.05) is 0 Å². The minimum atomic E-state index is -3.63. The Morgan fingerprint density at radius 3 is 2.62 bits per heavy atom. The molecule has 7 nitrogen and oxygen atoms in total. The van der Waals surface area contributed by atoms with Crippen LogP contribution in [0.25, 0.3) is 6.08 Å². The molecule has 0 radical (unpaired) electrons. The molecule has 21 heavy (non-hydrogen) atoms. The van der Waals surface area contributed by atoms with Gasteiger partial charge in [0.1, 0.15) is 0 Å². The average molecular weight is 312 g/mol. The second-order valence-electron chi connectivity index (χ2n) is 4.37. The summed E-state index contributed by atoms with van der Waals surface area (Å²) in [6.07, 6.45) is 2.33. The molecule has 0 saturated heterocycles. The molecule has 4 N–H and O–H groups in total. The van der Waals surface area contributed by atoms with Crippen LogP contribution in [-0.2, 0) is 14.8 Å². The predicted molar refractivity (Wildman–Crippen MR) is 78.2 cm³/mol. The highest BCUT2D eigenvalue weighted by molar-refractivity contribution is 7.89. The third-order valence-corrected chi connectivity index (χ3v) is 3.37. The Bertz CT molecular complexity index is 680. The monoisotopic (exact) mass is 312 g/mol. The van der Waals surface area contributed by atoms with Gasteiger partial charge in [-0.3, -0.25) is 4.79 Å². The molecule has 1 amide bonds. The van der Waals surface area contributed by atoms with E-state index in [2.05, 4.69) is 5.32 Å². The number of hydrogen-bond acceptors (Lipinski definition) is 4. The van der Waals surface area contributed by atoms with E-state index in [0.717, 1.165) is 6.08 Å². The molecule has 0 saturated carbocycles. The number of sulfonamides is 1. The number of carboxylic acid groups (broad SMARTS) is 1. The van der Waals surface area contributed by atoms with E-state index in [1.54, 1.807) is 19.1 Å². The minimum absolute atomic E-state index is 0.0910. The Morgan fingerprint density at radius 2 is 2.05 bits per heavy atom. The van der Waals surface area contributed by atoms with Gasteiger partial charge in [0.25, 0.3) is 5.91 Å². The maximum Gasteiger partial charge on any atom is 0.328 e. The van der Waals surface area contributed by atoms with Crippen LogP contribution in [0.4, 0.5) is 0 Å². The Hall–Kier alpha value is -2.19. The van der Waals surface area contributed by atoms with Crippen LogP contribution in [0.15, 0.2) is 24.3 Å². The zero-order valence-electron chi connectivity index (χ0n) is 11.4. The summed E-state index contributed by atoms with van der Waals surface area (Å²) in [5.74, 6) is -1.88. The number of rotatable bonds is 6. The highest BCUT2D eigenvalue weighted by atomic mass is 32.2. The lowest BCUT2D eigenvalue weighted by Gasteiger charge is -2.08. The van der Waals surface area contributed by atoms with Gasteiger partial charge in [0, 0.05) is 18.2 Å². The number of nitrogens with two attached hydrogens (primary N) is 1. The molecule has 0 bridgehead atoms. The molecule has 1 rings (SSSR count). The number of aliphatic carboxylic acids is 1. The zero-order valence-corrected chi connectivity index (χ0v) is 12.2. The van der Waals surface area contributed by atoms with Crippen molar-refractivity contribution in [2.24, 2.45) is 5.14 Å². The largest absolute Gasteiger partial charge is 0.478 e. The molecular weight excluding hydrogens is 296 g/mol. The summed E-state index contributed by atoms with van der Waals surface area (Å²) in [6, 6.07) is 4.88. The molecule has 0 aromatic heterocycles. The third kappa shape index (κ3) is 6.19. The molecule has 0 aliphatic carbocycles. The van der Waals surface area contributed by atoms with Gasteiger partial charge in [-0.15, -0.1) is 0 Å². The van der Waals surface area contributed by atoms with Crippen LogP contribution < -0.4 is 10.5 Å².